The Hall–Kier alpha value is -1.88. The Morgan fingerprint density at radius 3 is 2.68 bits per heavy atom. The number of nitrogens with one attached hydrogen (secondary N) is 1. The highest BCUT2D eigenvalue weighted by molar-refractivity contribution is 5.84. The van der Waals surface area contributed by atoms with E-state index in [1.165, 1.54) is 0 Å². The Kier molecular flexibility index (Phi) is 5.55. The summed E-state index contributed by atoms with van der Waals surface area (Å²) in [5.74, 6) is -0.143. The lowest BCUT2D eigenvalue weighted by atomic mass is 9.83. The van der Waals surface area contributed by atoms with Gasteiger partial charge in [0.05, 0.1) is 18.6 Å². The van der Waals surface area contributed by atoms with E-state index in [4.69, 9.17) is 4.74 Å². The number of aryl methyl sites for hydroxylation is 1. The molecule has 1 aliphatic heterocycles. The summed E-state index contributed by atoms with van der Waals surface area (Å²) < 4.78 is 4.96. The van der Waals surface area contributed by atoms with Crippen molar-refractivity contribution in [2.24, 2.45) is 5.92 Å². The fraction of sp³-hybridized carbons (Fsp3) is 0.529. The highest BCUT2D eigenvalue weighted by Crippen LogP contribution is 2.35. The van der Waals surface area contributed by atoms with E-state index in [2.05, 4.69) is 5.32 Å². The van der Waals surface area contributed by atoms with E-state index in [9.17, 15) is 9.59 Å². The topological polar surface area (TPSA) is 58.6 Å². The summed E-state index contributed by atoms with van der Waals surface area (Å²) in [7, 11) is 3.38. The number of methoxy groups -OCH3 is 1. The number of amides is 2. The molecule has 0 radical (unpaired) electrons. The zero-order valence-corrected chi connectivity index (χ0v) is 13.5. The summed E-state index contributed by atoms with van der Waals surface area (Å²) in [5, 5.41) is 2.90. The van der Waals surface area contributed by atoms with Crippen LogP contribution in [0.2, 0.25) is 0 Å². The third-order valence-electron chi connectivity index (χ3n) is 4.22. The number of likely N-dealkylation sites (tertiary alicyclic amines) is 1. The Morgan fingerprint density at radius 1 is 1.36 bits per heavy atom. The highest BCUT2D eigenvalue weighted by Gasteiger charge is 2.38. The lowest BCUT2D eigenvalue weighted by Crippen LogP contribution is -2.46. The summed E-state index contributed by atoms with van der Waals surface area (Å²) in [5.41, 5.74) is 2.17. The molecule has 2 atom stereocenters. The molecule has 0 saturated carbocycles. The molecule has 1 fully saturated rings. The molecule has 5 heteroatoms. The van der Waals surface area contributed by atoms with Crippen LogP contribution in [0.4, 0.5) is 0 Å². The Balaban J connectivity index is 2.20. The fourth-order valence-electron chi connectivity index (χ4n) is 2.94. The third kappa shape index (κ3) is 3.65. The predicted octanol–water partition coefficient (Wildman–Crippen LogP) is 1.67. The van der Waals surface area contributed by atoms with Crippen LogP contribution < -0.4 is 5.32 Å². The molecule has 5 nitrogen and oxygen atoms in total. The quantitative estimate of drug-likeness (QED) is 0.842. The van der Waals surface area contributed by atoms with Gasteiger partial charge in [-0.15, -0.1) is 0 Å². The molecule has 22 heavy (non-hydrogen) atoms. The summed E-state index contributed by atoms with van der Waals surface area (Å²) >= 11 is 0. The molecule has 1 N–H and O–H groups in total. The van der Waals surface area contributed by atoms with Gasteiger partial charge >= 0.3 is 0 Å². The molecule has 1 heterocycles. The number of rotatable bonds is 5. The van der Waals surface area contributed by atoms with E-state index in [1.54, 1.807) is 19.1 Å². The smallest absolute Gasteiger partial charge is 0.225 e. The van der Waals surface area contributed by atoms with Crippen molar-refractivity contribution in [3.05, 3.63) is 35.4 Å². The van der Waals surface area contributed by atoms with Crippen LogP contribution in [0.5, 0.6) is 0 Å². The second-order valence-corrected chi connectivity index (χ2v) is 5.79. The third-order valence-corrected chi connectivity index (χ3v) is 4.22. The largest absolute Gasteiger partial charge is 0.383 e. The van der Waals surface area contributed by atoms with Gasteiger partial charge in [-0.05, 0) is 18.9 Å². The molecule has 0 spiro atoms. The number of hydrogen-bond donors (Lipinski definition) is 1. The number of hydrogen-bond acceptors (Lipinski definition) is 3. The molecule has 1 aromatic rings. The summed E-state index contributed by atoms with van der Waals surface area (Å²) in [6, 6.07) is 7.84. The fourth-order valence-corrected chi connectivity index (χ4v) is 2.94. The van der Waals surface area contributed by atoms with Crippen LogP contribution >= 0.6 is 0 Å². The normalized spacial score (nSPS) is 21.8. The average molecular weight is 304 g/mol. The molecule has 2 rings (SSSR count). The number of benzene rings is 1. The van der Waals surface area contributed by atoms with Gasteiger partial charge in [-0.1, -0.05) is 29.8 Å². The van der Waals surface area contributed by atoms with Crippen LogP contribution in [-0.2, 0) is 14.3 Å². The molecule has 0 aromatic heterocycles. The number of piperidine rings is 1. The van der Waals surface area contributed by atoms with E-state index in [-0.39, 0.29) is 23.8 Å². The van der Waals surface area contributed by atoms with Gasteiger partial charge in [0, 0.05) is 27.1 Å². The van der Waals surface area contributed by atoms with Gasteiger partial charge in [0.2, 0.25) is 11.8 Å². The molecule has 0 aliphatic carbocycles. The van der Waals surface area contributed by atoms with Crippen molar-refractivity contribution in [2.75, 3.05) is 27.3 Å². The molecular formula is C17H24N2O3. The number of carbonyl (C=O) groups is 2. The lowest BCUT2D eigenvalue weighted by Gasteiger charge is -2.38. The first kappa shape index (κ1) is 16.5. The second kappa shape index (κ2) is 7.40. The number of carbonyl (C=O) groups excluding carboxylic acids is 2. The van der Waals surface area contributed by atoms with Crippen molar-refractivity contribution >= 4 is 11.8 Å². The van der Waals surface area contributed by atoms with Crippen LogP contribution in [0.3, 0.4) is 0 Å². The highest BCUT2D eigenvalue weighted by atomic mass is 16.5. The minimum absolute atomic E-state index is 0.0121. The van der Waals surface area contributed by atoms with Crippen molar-refractivity contribution in [1.82, 2.24) is 10.2 Å². The maximum atomic E-state index is 12.5. The zero-order chi connectivity index (χ0) is 16.1. The molecule has 1 aliphatic rings. The van der Waals surface area contributed by atoms with Gasteiger partial charge in [-0.25, -0.2) is 0 Å². The summed E-state index contributed by atoms with van der Waals surface area (Å²) in [6.45, 7) is 3.00. The zero-order valence-electron chi connectivity index (χ0n) is 13.5. The first-order valence-electron chi connectivity index (χ1n) is 7.63. The van der Waals surface area contributed by atoms with Crippen molar-refractivity contribution in [3.8, 4) is 0 Å². The van der Waals surface area contributed by atoms with E-state index in [0.717, 1.165) is 11.1 Å². The van der Waals surface area contributed by atoms with Crippen molar-refractivity contribution < 1.29 is 14.3 Å². The van der Waals surface area contributed by atoms with Crippen LogP contribution in [0.25, 0.3) is 0 Å². The number of ether oxygens (including phenoxy) is 1. The van der Waals surface area contributed by atoms with E-state index < -0.39 is 0 Å². The number of nitrogens with zero attached hydrogens (tertiary/aromatic N) is 1. The van der Waals surface area contributed by atoms with E-state index in [1.807, 2.05) is 31.2 Å². The first-order valence-corrected chi connectivity index (χ1v) is 7.63. The maximum absolute atomic E-state index is 12.5. The van der Waals surface area contributed by atoms with Crippen molar-refractivity contribution in [2.45, 2.75) is 25.8 Å². The Bertz CT molecular complexity index is 527. The van der Waals surface area contributed by atoms with E-state index >= 15 is 0 Å². The molecule has 0 unspecified atom stereocenters. The minimum Gasteiger partial charge on any atom is -0.383 e. The standard InChI is InChI=1S/C17H24N2O3/c1-12-4-6-13(7-5-12)16-14(8-9-15(20)19(16)2)17(21)18-10-11-22-3/h4-7,14,16H,8-11H2,1-3H3,(H,18,21)/t14-,16-/m0/s1. The molecule has 1 aromatic carbocycles. The van der Waals surface area contributed by atoms with Crippen LogP contribution in [0.15, 0.2) is 24.3 Å². The van der Waals surface area contributed by atoms with Crippen LogP contribution in [-0.4, -0.2) is 44.0 Å². The molecule has 2 amide bonds. The molecule has 0 bridgehead atoms. The van der Waals surface area contributed by atoms with Gasteiger partial charge in [-0.2, -0.15) is 0 Å². The lowest BCUT2D eigenvalue weighted by molar-refractivity contribution is -0.141. The van der Waals surface area contributed by atoms with Gasteiger partial charge in [0.25, 0.3) is 0 Å². The second-order valence-electron chi connectivity index (χ2n) is 5.79. The maximum Gasteiger partial charge on any atom is 0.225 e. The molecular weight excluding hydrogens is 280 g/mol. The minimum atomic E-state index is -0.220. The average Bonchev–Trinajstić information content (AvgIpc) is 2.51. The van der Waals surface area contributed by atoms with Crippen molar-refractivity contribution in [1.29, 1.82) is 0 Å². The molecule has 1 saturated heterocycles. The van der Waals surface area contributed by atoms with Gasteiger partial charge in [0.15, 0.2) is 0 Å². The summed E-state index contributed by atoms with van der Waals surface area (Å²) in [4.78, 5) is 26.2. The Labute approximate surface area is 131 Å². The SMILES string of the molecule is COCCNC(=O)[C@H]1CCC(=O)N(C)[C@H]1c1ccc(C)cc1. The first-order chi connectivity index (χ1) is 10.5. The van der Waals surface area contributed by atoms with Crippen LogP contribution in [0.1, 0.15) is 30.0 Å². The van der Waals surface area contributed by atoms with E-state index in [0.29, 0.717) is 26.0 Å². The van der Waals surface area contributed by atoms with Crippen LogP contribution in [0, 0.1) is 12.8 Å². The Morgan fingerprint density at radius 2 is 2.05 bits per heavy atom. The van der Waals surface area contributed by atoms with Gasteiger partial charge < -0.3 is 15.0 Å². The molecule has 120 valence electrons. The van der Waals surface area contributed by atoms with Crippen molar-refractivity contribution in [3.63, 3.8) is 0 Å². The van der Waals surface area contributed by atoms with Gasteiger partial charge in [-0.3, -0.25) is 9.59 Å². The monoisotopic (exact) mass is 304 g/mol. The summed E-state index contributed by atoms with van der Waals surface area (Å²) in [6.07, 6.45) is 1.00. The predicted molar refractivity (Wildman–Crippen MR) is 84.3 cm³/mol. The van der Waals surface area contributed by atoms with Gasteiger partial charge in [0.1, 0.15) is 0 Å².